The van der Waals surface area contributed by atoms with Crippen molar-refractivity contribution in [2.75, 3.05) is 0 Å². The van der Waals surface area contributed by atoms with Gasteiger partial charge in [-0.25, -0.2) is 0 Å². The highest BCUT2D eigenvalue weighted by atomic mass is 16.6. The summed E-state index contributed by atoms with van der Waals surface area (Å²) in [5.74, 6) is -4.96. The number of ketones is 1. The monoisotopic (exact) mass is 492 g/mol. The molecule has 1 heterocycles. The summed E-state index contributed by atoms with van der Waals surface area (Å²) >= 11 is 0. The highest BCUT2D eigenvalue weighted by molar-refractivity contribution is 5.98. The molecule has 0 bridgehead atoms. The molecular formula is C26H36O9. The molecule has 3 rings (SSSR count). The van der Waals surface area contributed by atoms with Gasteiger partial charge < -0.3 is 24.4 Å². The van der Waals surface area contributed by atoms with Crippen LogP contribution in [0.3, 0.4) is 0 Å². The maximum Gasteiger partial charge on any atom is 0.312 e. The van der Waals surface area contributed by atoms with Crippen LogP contribution in [0.2, 0.25) is 0 Å². The summed E-state index contributed by atoms with van der Waals surface area (Å²) < 4.78 is 17.1. The van der Waals surface area contributed by atoms with Gasteiger partial charge in [-0.15, -0.1) is 0 Å². The predicted molar refractivity (Wildman–Crippen MR) is 124 cm³/mol. The normalized spacial score (nSPS) is 42.7. The lowest BCUT2D eigenvalue weighted by molar-refractivity contribution is -0.224. The third-order valence-electron chi connectivity index (χ3n) is 7.82. The molecule has 9 heteroatoms. The molecule has 0 aromatic rings. The van der Waals surface area contributed by atoms with E-state index < -0.39 is 70.5 Å². The fraction of sp³-hybridized carbons (Fsp3) is 0.692. The van der Waals surface area contributed by atoms with E-state index in [1.807, 2.05) is 6.92 Å². The number of aliphatic hydroxyl groups is 2. The van der Waals surface area contributed by atoms with Crippen LogP contribution in [0.5, 0.6) is 0 Å². The minimum Gasteiger partial charge on any atom is -0.461 e. The molecule has 0 amide bonds. The van der Waals surface area contributed by atoms with E-state index in [4.69, 9.17) is 14.2 Å². The molecule has 1 fully saturated rings. The van der Waals surface area contributed by atoms with Gasteiger partial charge in [-0.1, -0.05) is 25.5 Å². The molecule has 0 unspecified atom stereocenters. The first-order chi connectivity index (χ1) is 16.2. The lowest BCUT2D eigenvalue weighted by Crippen LogP contribution is -2.68. The van der Waals surface area contributed by atoms with Crippen molar-refractivity contribution >= 4 is 23.7 Å². The van der Waals surface area contributed by atoms with Crippen LogP contribution in [-0.2, 0) is 33.4 Å². The maximum atomic E-state index is 12.9. The van der Waals surface area contributed by atoms with E-state index in [0.717, 1.165) is 12.5 Å². The summed E-state index contributed by atoms with van der Waals surface area (Å²) in [7, 11) is 0. The van der Waals surface area contributed by atoms with Crippen molar-refractivity contribution in [2.24, 2.45) is 17.3 Å². The summed E-state index contributed by atoms with van der Waals surface area (Å²) in [6.07, 6.45) is 2.38. The van der Waals surface area contributed by atoms with Gasteiger partial charge in [0, 0.05) is 24.7 Å². The summed E-state index contributed by atoms with van der Waals surface area (Å²) in [5, 5.41) is 23.7. The Morgan fingerprint density at radius 1 is 1.20 bits per heavy atom. The SMILES string of the molecule is CCCC(=O)O[C@H]1CC/C(C)=C\[C@@H]2OC(=O)[C@H](C)[C@@]2(O)[C@@H](OC(C)=O)[C@@H]2[C@]1(C)C=CC(=O)[C@@]2(C)O. The molecule has 0 saturated carbocycles. The molecule has 9 nitrogen and oxygen atoms in total. The van der Waals surface area contributed by atoms with Crippen molar-refractivity contribution in [2.45, 2.75) is 96.7 Å². The number of allylic oxidation sites excluding steroid dienone is 1. The van der Waals surface area contributed by atoms with E-state index in [1.165, 1.54) is 19.9 Å². The topological polar surface area (TPSA) is 136 Å². The number of esters is 3. The fourth-order valence-corrected chi connectivity index (χ4v) is 5.77. The number of carbonyl (C=O) groups excluding carboxylic acids is 4. The largest absolute Gasteiger partial charge is 0.461 e. The van der Waals surface area contributed by atoms with E-state index >= 15 is 0 Å². The number of hydrogen-bond donors (Lipinski definition) is 2. The number of ether oxygens (including phenoxy) is 3. The van der Waals surface area contributed by atoms with Gasteiger partial charge in [0.1, 0.15) is 17.8 Å². The second-order valence-electron chi connectivity index (χ2n) is 10.5. The molecule has 0 spiro atoms. The lowest BCUT2D eigenvalue weighted by atomic mass is 9.55. The zero-order valence-corrected chi connectivity index (χ0v) is 21.2. The van der Waals surface area contributed by atoms with E-state index in [0.29, 0.717) is 19.3 Å². The molecule has 3 aliphatic rings. The highest BCUT2D eigenvalue weighted by Gasteiger charge is 2.69. The van der Waals surface area contributed by atoms with Crippen molar-refractivity contribution in [1.82, 2.24) is 0 Å². The molecule has 1 aliphatic heterocycles. The molecule has 35 heavy (non-hydrogen) atoms. The van der Waals surface area contributed by atoms with E-state index in [1.54, 1.807) is 26.0 Å². The Morgan fingerprint density at radius 3 is 2.46 bits per heavy atom. The van der Waals surface area contributed by atoms with Crippen molar-refractivity contribution in [3.8, 4) is 0 Å². The Morgan fingerprint density at radius 2 is 1.86 bits per heavy atom. The first-order valence-electron chi connectivity index (χ1n) is 12.1. The van der Waals surface area contributed by atoms with E-state index in [2.05, 4.69) is 0 Å². The highest BCUT2D eigenvalue weighted by Crippen LogP contribution is 2.54. The van der Waals surface area contributed by atoms with Crippen LogP contribution in [0.25, 0.3) is 0 Å². The van der Waals surface area contributed by atoms with Crippen LogP contribution in [0.15, 0.2) is 23.8 Å². The Labute approximate surface area is 205 Å². The van der Waals surface area contributed by atoms with Gasteiger partial charge in [-0.05, 0) is 52.2 Å². The molecule has 194 valence electrons. The van der Waals surface area contributed by atoms with Gasteiger partial charge in [-0.2, -0.15) is 0 Å². The summed E-state index contributed by atoms with van der Waals surface area (Å²) in [6, 6.07) is 0. The minimum atomic E-state index is -2.12. The summed E-state index contributed by atoms with van der Waals surface area (Å²) in [6.45, 7) is 9.25. The molecule has 8 atom stereocenters. The number of hydrogen-bond acceptors (Lipinski definition) is 9. The predicted octanol–water partition coefficient (Wildman–Crippen LogP) is 2.18. The van der Waals surface area contributed by atoms with E-state index in [9.17, 15) is 29.4 Å². The fourth-order valence-electron chi connectivity index (χ4n) is 5.77. The Balaban J connectivity index is 2.31. The Kier molecular flexibility index (Phi) is 7.35. The van der Waals surface area contributed by atoms with Crippen LogP contribution in [0, 0.1) is 17.3 Å². The number of rotatable bonds is 4. The molecule has 1 saturated heterocycles. The van der Waals surface area contributed by atoms with Gasteiger partial charge in [0.05, 0.1) is 5.92 Å². The van der Waals surface area contributed by atoms with Crippen LogP contribution in [0.4, 0.5) is 0 Å². The van der Waals surface area contributed by atoms with Gasteiger partial charge in [0.15, 0.2) is 17.5 Å². The van der Waals surface area contributed by atoms with Gasteiger partial charge in [-0.3, -0.25) is 19.2 Å². The molecular weight excluding hydrogens is 456 g/mol. The van der Waals surface area contributed by atoms with Gasteiger partial charge in [0.25, 0.3) is 0 Å². The third kappa shape index (κ3) is 4.56. The van der Waals surface area contributed by atoms with Crippen molar-refractivity contribution in [3.63, 3.8) is 0 Å². The van der Waals surface area contributed by atoms with Crippen molar-refractivity contribution in [1.29, 1.82) is 0 Å². The average Bonchev–Trinajstić information content (AvgIpc) is 2.97. The zero-order chi connectivity index (χ0) is 26.3. The second kappa shape index (κ2) is 9.50. The van der Waals surface area contributed by atoms with Crippen LogP contribution >= 0.6 is 0 Å². The number of fused-ring (bicyclic) bond motifs is 2. The number of carbonyl (C=O) groups is 4. The Bertz CT molecular complexity index is 964. The lowest BCUT2D eigenvalue weighted by Gasteiger charge is -2.54. The van der Waals surface area contributed by atoms with Crippen LogP contribution in [0.1, 0.15) is 67.2 Å². The van der Waals surface area contributed by atoms with Crippen molar-refractivity contribution in [3.05, 3.63) is 23.8 Å². The van der Waals surface area contributed by atoms with Gasteiger partial charge >= 0.3 is 17.9 Å². The third-order valence-corrected chi connectivity index (χ3v) is 7.82. The quantitative estimate of drug-likeness (QED) is 0.344. The summed E-state index contributed by atoms with van der Waals surface area (Å²) in [4.78, 5) is 50.5. The smallest absolute Gasteiger partial charge is 0.312 e. The molecule has 2 aliphatic carbocycles. The molecule has 0 aromatic heterocycles. The van der Waals surface area contributed by atoms with Crippen LogP contribution in [-0.4, -0.2) is 63.4 Å². The Hall–Kier alpha value is -2.52. The first kappa shape index (κ1) is 27.1. The minimum absolute atomic E-state index is 0.184. The molecule has 0 aromatic carbocycles. The maximum absolute atomic E-state index is 12.9. The standard InChI is InChI=1S/C26H36O9/c1-7-8-20(29)34-18-10-9-14(2)13-19-26(32,15(3)23(30)35-19)22(33-16(4)27)21-24(18,5)12-11-17(28)25(21,6)31/h11-13,15,18-19,21-22,31-32H,7-10H2,1-6H3/b14-13-/t15-,18-,19-,21+,22-,24+,25+,26-/m0/s1. The van der Waals surface area contributed by atoms with Crippen molar-refractivity contribution < 1.29 is 43.6 Å². The average molecular weight is 493 g/mol. The zero-order valence-electron chi connectivity index (χ0n) is 21.2. The summed E-state index contributed by atoms with van der Waals surface area (Å²) in [5.41, 5.74) is -4.69. The van der Waals surface area contributed by atoms with Crippen LogP contribution < -0.4 is 0 Å². The molecule has 2 N–H and O–H groups in total. The second-order valence-corrected chi connectivity index (χ2v) is 10.5. The van der Waals surface area contributed by atoms with E-state index in [-0.39, 0.29) is 6.42 Å². The first-order valence-corrected chi connectivity index (χ1v) is 12.1. The van der Waals surface area contributed by atoms with Gasteiger partial charge in [0.2, 0.25) is 0 Å². The molecule has 0 radical (unpaired) electrons.